The molecule has 6 heteroatoms. The summed E-state index contributed by atoms with van der Waals surface area (Å²) >= 11 is 3.10. The van der Waals surface area contributed by atoms with E-state index in [1.165, 1.54) is 11.3 Å². The molecule has 0 spiro atoms. The van der Waals surface area contributed by atoms with Crippen LogP contribution in [0.3, 0.4) is 0 Å². The van der Waals surface area contributed by atoms with Gasteiger partial charge in [0.15, 0.2) is 0 Å². The number of primary amides is 1. The Morgan fingerprint density at radius 3 is 2.54 bits per heavy atom. The molecule has 28 heavy (non-hydrogen) atoms. The zero-order chi connectivity index (χ0) is 19.9. The summed E-state index contributed by atoms with van der Waals surface area (Å²) in [4.78, 5) is 17.8. The number of thiazole rings is 1. The van der Waals surface area contributed by atoms with Gasteiger partial charge in [-0.15, -0.1) is 29.7 Å². The zero-order valence-electron chi connectivity index (χ0n) is 15.4. The highest BCUT2D eigenvalue weighted by atomic mass is 32.2. The Morgan fingerprint density at radius 1 is 1.21 bits per heavy atom. The highest BCUT2D eigenvalue weighted by molar-refractivity contribution is 7.99. The summed E-state index contributed by atoms with van der Waals surface area (Å²) in [6.45, 7) is 3.72. The van der Waals surface area contributed by atoms with Gasteiger partial charge in [-0.3, -0.25) is 4.79 Å². The molecule has 142 valence electrons. The number of nitrogens with two attached hydrogens (primary N) is 1. The lowest BCUT2D eigenvalue weighted by molar-refractivity contribution is -0.112. The Labute approximate surface area is 172 Å². The van der Waals surface area contributed by atoms with Crippen LogP contribution in [0.4, 0.5) is 0 Å². The van der Waals surface area contributed by atoms with E-state index in [-0.39, 0.29) is 0 Å². The molecule has 0 unspecified atom stereocenters. The SMILES string of the molecule is C=CCSc1ccc(/C=C(\C(N)=O)c2nc(-c3ccc(OC)cc3)cs2)cc1. The molecule has 0 aliphatic carbocycles. The summed E-state index contributed by atoms with van der Waals surface area (Å²) in [5.41, 5.74) is 8.68. The number of carbonyl (C=O) groups is 1. The Bertz CT molecular complexity index is 990. The molecule has 0 saturated carbocycles. The molecule has 0 aliphatic heterocycles. The van der Waals surface area contributed by atoms with Crippen LogP contribution in [0, 0.1) is 0 Å². The summed E-state index contributed by atoms with van der Waals surface area (Å²) < 4.78 is 5.18. The first kappa shape index (κ1) is 19.9. The number of thioether (sulfide) groups is 1. The number of nitrogens with zero attached hydrogens (tertiary/aromatic N) is 1. The molecule has 3 aromatic rings. The fourth-order valence-electron chi connectivity index (χ4n) is 2.51. The number of rotatable bonds is 8. The van der Waals surface area contributed by atoms with E-state index in [1.807, 2.05) is 60.0 Å². The number of hydrogen-bond donors (Lipinski definition) is 1. The Morgan fingerprint density at radius 2 is 1.93 bits per heavy atom. The monoisotopic (exact) mass is 408 g/mol. The van der Waals surface area contributed by atoms with Crippen molar-refractivity contribution in [2.24, 2.45) is 5.73 Å². The predicted octanol–water partition coefficient (Wildman–Crippen LogP) is 5.12. The average Bonchev–Trinajstić information content (AvgIpc) is 3.21. The Hall–Kier alpha value is -2.83. The van der Waals surface area contributed by atoms with Crippen molar-refractivity contribution in [2.75, 3.05) is 12.9 Å². The summed E-state index contributed by atoms with van der Waals surface area (Å²) in [6.07, 6.45) is 3.65. The largest absolute Gasteiger partial charge is 0.497 e. The number of methoxy groups -OCH3 is 1. The maximum absolute atomic E-state index is 12.0. The molecule has 2 aromatic carbocycles. The number of carbonyl (C=O) groups excluding carboxylic acids is 1. The smallest absolute Gasteiger partial charge is 0.251 e. The molecule has 3 rings (SSSR count). The van der Waals surface area contributed by atoms with Crippen molar-refractivity contribution >= 4 is 40.7 Å². The van der Waals surface area contributed by atoms with Crippen LogP contribution in [0.1, 0.15) is 10.6 Å². The molecule has 0 radical (unpaired) electrons. The molecular weight excluding hydrogens is 388 g/mol. The maximum Gasteiger partial charge on any atom is 0.251 e. The van der Waals surface area contributed by atoms with Crippen LogP contribution < -0.4 is 10.5 Å². The van der Waals surface area contributed by atoms with Crippen LogP contribution in [0.2, 0.25) is 0 Å². The average molecular weight is 409 g/mol. The number of hydrogen-bond acceptors (Lipinski definition) is 5. The molecule has 0 fully saturated rings. The van der Waals surface area contributed by atoms with Crippen LogP contribution in [0.25, 0.3) is 22.9 Å². The van der Waals surface area contributed by atoms with Gasteiger partial charge in [-0.05, 0) is 48.0 Å². The molecule has 0 bridgehead atoms. The molecule has 1 heterocycles. The first-order valence-electron chi connectivity index (χ1n) is 8.56. The zero-order valence-corrected chi connectivity index (χ0v) is 17.1. The number of ether oxygens (including phenoxy) is 1. The molecule has 1 aromatic heterocycles. The summed E-state index contributed by atoms with van der Waals surface area (Å²) in [6, 6.07) is 15.6. The van der Waals surface area contributed by atoms with E-state index < -0.39 is 5.91 Å². The van der Waals surface area contributed by atoms with Gasteiger partial charge in [-0.25, -0.2) is 4.98 Å². The quantitative estimate of drug-likeness (QED) is 0.319. The second-order valence-corrected chi connectivity index (χ2v) is 7.81. The molecule has 1 amide bonds. The number of benzene rings is 2. The Balaban J connectivity index is 1.86. The van der Waals surface area contributed by atoms with Gasteiger partial charge in [-0.2, -0.15) is 0 Å². The third-order valence-corrected chi connectivity index (χ3v) is 5.83. The first-order chi connectivity index (χ1) is 13.6. The van der Waals surface area contributed by atoms with Crippen LogP contribution >= 0.6 is 23.1 Å². The predicted molar refractivity (Wildman–Crippen MR) is 119 cm³/mol. The van der Waals surface area contributed by atoms with Gasteiger partial charge in [0.05, 0.1) is 18.4 Å². The minimum absolute atomic E-state index is 0.399. The first-order valence-corrected chi connectivity index (χ1v) is 10.4. The van der Waals surface area contributed by atoms with E-state index in [9.17, 15) is 4.79 Å². The molecule has 0 saturated heterocycles. The second kappa shape index (κ2) is 9.39. The van der Waals surface area contributed by atoms with Gasteiger partial charge in [0, 0.05) is 21.6 Å². The second-order valence-electron chi connectivity index (χ2n) is 5.86. The molecule has 0 aliphatic rings. The van der Waals surface area contributed by atoms with Crippen molar-refractivity contribution in [1.29, 1.82) is 0 Å². The highest BCUT2D eigenvalue weighted by Crippen LogP contribution is 2.29. The molecule has 0 atom stereocenters. The lowest BCUT2D eigenvalue weighted by Crippen LogP contribution is -2.12. The van der Waals surface area contributed by atoms with Crippen molar-refractivity contribution in [3.63, 3.8) is 0 Å². The van der Waals surface area contributed by atoms with E-state index in [1.54, 1.807) is 24.9 Å². The summed E-state index contributed by atoms with van der Waals surface area (Å²) in [5.74, 6) is 1.14. The van der Waals surface area contributed by atoms with E-state index in [0.29, 0.717) is 10.6 Å². The molecule has 4 nitrogen and oxygen atoms in total. The fourth-order valence-corrected chi connectivity index (χ4v) is 4.00. The fraction of sp³-hybridized carbons (Fsp3) is 0.0909. The Kier molecular flexibility index (Phi) is 6.68. The van der Waals surface area contributed by atoms with Gasteiger partial charge >= 0.3 is 0 Å². The summed E-state index contributed by atoms with van der Waals surface area (Å²) in [7, 11) is 1.63. The van der Waals surface area contributed by atoms with Crippen molar-refractivity contribution in [3.05, 3.63) is 77.1 Å². The van der Waals surface area contributed by atoms with Gasteiger partial charge in [-0.1, -0.05) is 18.2 Å². The maximum atomic E-state index is 12.0. The van der Waals surface area contributed by atoms with Gasteiger partial charge in [0.2, 0.25) is 0 Å². The third-order valence-electron chi connectivity index (χ3n) is 3.94. The van der Waals surface area contributed by atoms with Crippen LogP contribution in [0.15, 0.2) is 71.5 Å². The van der Waals surface area contributed by atoms with Gasteiger partial charge < -0.3 is 10.5 Å². The van der Waals surface area contributed by atoms with Crippen LogP contribution in [0.5, 0.6) is 5.75 Å². The van der Waals surface area contributed by atoms with Crippen LogP contribution in [-0.2, 0) is 4.79 Å². The third kappa shape index (κ3) is 4.91. The number of aromatic nitrogens is 1. The topological polar surface area (TPSA) is 65.2 Å². The van der Waals surface area contributed by atoms with Crippen molar-refractivity contribution in [3.8, 4) is 17.0 Å². The van der Waals surface area contributed by atoms with Gasteiger partial charge in [0.25, 0.3) is 5.91 Å². The minimum Gasteiger partial charge on any atom is -0.497 e. The van der Waals surface area contributed by atoms with E-state index in [0.717, 1.165) is 33.2 Å². The molecule has 2 N–H and O–H groups in total. The van der Waals surface area contributed by atoms with E-state index in [4.69, 9.17) is 10.5 Å². The van der Waals surface area contributed by atoms with E-state index >= 15 is 0 Å². The van der Waals surface area contributed by atoms with E-state index in [2.05, 4.69) is 11.6 Å². The van der Waals surface area contributed by atoms with Crippen molar-refractivity contribution in [1.82, 2.24) is 4.98 Å². The number of amides is 1. The van der Waals surface area contributed by atoms with Crippen molar-refractivity contribution < 1.29 is 9.53 Å². The summed E-state index contributed by atoms with van der Waals surface area (Å²) in [5, 5.41) is 2.52. The van der Waals surface area contributed by atoms with Crippen molar-refractivity contribution in [2.45, 2.75) is 4.90 Å². The van der Waals surface area contributed by atoms with Crippen LogP contribution in [-0.4, -0.2) is 23.8 Å². The lowest BCUT2D eigenvalue weighted by Gasteiger charge is -2.03. The lowest BCUT2D eigenvalue weighted by atomic mass is 10.1. The minimum atomic E-state index is -0.499. The normalized spacial score (nSPS) is 11.2. The molecular formula is C22H20N2O2S2. The van der Waals surface area contributed by atoms with Gasteiger partial charge in [0.1, 0.15) is 10.8 Å². The standard InChI is InChI=1S/C22H20N2O2S2/c1-3-12-27-18-10-4-15(5-11-18)13-19(21(23)25)22-24-20(14-28-22)16-6-8-17(26-2)9-7-16/h3-11,13-14H,1,12H2,2H3,(H2,23,25)/b19-13+. The highest BCUT2D eigenvalue weighted by Gasteiger charge is 2.14.